The van der Waals surface area contributed by atoms with Gasteiger partial charge in [-0.2, -0.15) is 0 Å². The number of benzene rings is 3. The predicted molar refractivity (Wildman–Crippen MR) is 147 cm³/mol. The van der Waals surface area contributed by atoms with Crippen LogP contribution in [0.25, 0.3) is 33.5 Å². The standard InChI is InChI=1S/C29H25N5OS/c1-3-16-34-28(32-33-29(34)36-19-27(35)30-22-13-9-10-20(2)17-22)24-18-26(21-11-5-4-6-12-21)31-25-15-8-7-14-23(24)25/h3-15,17-18H,1,16,19H2,2H3,(H,30,35). The zero-order valence-corrected chi connectivity index (χ0v) is 20.7. The summed E-state index contributed by atoms with van der Waals surface area (Å²) < 4.78 is 1.99. The largest absolute Gasteiger partial charge is 0.325 e. The average molecular weight is 492 g/mol. The highest BCUT2D eigenvalue weighted by atomic mass is 32.2. The van der Waals surface area contributed by atoms with Gasteiger partial charge in [0.2, 0.25) is 5.91 Å². The zero-order valence-electron chi connectivity index (χ0n) is 19.9. The molecule has 0 unspecified atom stereocenters. The minimum atomic E-state index is -0.0963. The number of amides is 1. The minimum absolute atomic E-state index is 0.0963. The van der Waals surface area contributed by atoms with Crippen LogP contribution in [0.5, 0.6) is 0 Å². The van der Waals surface area contributed by atoms with E-state index in [1.807, 2.05) is 96.4 Å². The van der Waals surface area contributed by atoms with E-state index in [2.05, 4.69) is 28.2 Å². The third-order valence-corrected chi connectivity index (χ3v) is 6.66. The molecular weight excluding hydrogens is 466 g/mol. The van der Waals surface area contributed by atoms with Crippen LogP contribution in [-0.4, -0.2) is 31.4 Å². The van der Waals surface area contributed by atoms with Gasteiger partial charge in [0.25, 0.3) is 0 Å². The van der Waals surface area contributed by atoms with Gasteiger partial charge in [-0.25, -0.2) is 4.98 Å². The van der Waals surface area contributed by atoms with Crippen LogP contribution in [0.3, 0.4) is 0 Å². The van der Waals surface area contributed by atoms with E-state index in [0.29, 0.717) is 17.5 Å². The second-order valence-corrected chi connectivity index (χ2v) is 9.29. The molecule has 1 amide bonds. The molecule has 6 nitrogen and oxygen atoms in total. The lowest BCUT2D eigenvalue weighted by Gasteiger charge is -2.12. The molecule has 0 saturated carbocycles. The Labute approximate surface area is 214 Å². The molecule has 0 radical (unpaired) electrons. The molecule has 0 bridgehead atoms. The Hall–Kier alpha value is -4.23. The van der Waals surface area contributed by atoms with Crippen molar-refractivity contribution in [3.8, 4) is 22.6 Å². The molecule has 2 aromatic heterocycles. The summed E-state index contributed by atoms with van der Waals surface area (Å²) in [6.07, 6.45) is 1.81. The third kappa shape index (κ3) is 5.06. The molecule has 0 fully saturated rings. The Morgan fingerprint density at radius 2 is 1.81 bits per heavy atom. The number of fused-ring (bicyclic) bond motifs is 1. The highest BCUT2D eigenvalue weighted by Gasteiger charge is 2.18. The highest BCUT2D eigenvalue weighted by Crippen LogP contribution is 2.33. The third-order valence-electron chi connectivity index (χ3n) is 5.69. The van der Waals surface area contributed by atoms with Crippen molar-refractivity contribution in [2.24, 2.45) is 0 Å². The number of anilines is 1. The van der Waals surface area contributed by atoms with Crippen LogP contribution in [0.2, 0.25) is 0 Å². The monoisotopic (exact) mass is 491 g/mol. The van der Waals surface area contributed by atoms with Crippen molar-refractivity contribution in [3.05, 3.63) is 103 Å². The summed E-state index contributed by atoms with van der Waals surface area (Å²) in [5.41, 5.74) is 5.59. The van der Waals surface area contributed by atoms with E-state index in [9.17, 15) is 4.79 Å². The topological polar surface area (TPSA) is 72.7 Å². The van der Waals surface area contributed by atoms with Gasteiger partial charge < -0.3 is 5.32 Å². The Morgan fingerprint density at radius 1 is 1.00 bits per heavy atom. The van der Waals surface area contributed by atoms with Crippen molar-refractivity contribution < 1.29 is 4.79 Å². The first-order valence-electron chi connectivity index (χ1n) is 11.6. The lowest BCUT2D eigenvalue weighted by molar-refractivity contribution is -0.113. The van der Waals surface area contributed by atoms with Crippen molar-refractivity contribution in [1.29, 1.82) is 0 Å². The van der Waals surface area contributed by atoms with Crippen LogP contribution in [0, 0.1) is 6.92 Å². The van der Waals surface area contributed by atoms with Gasteiger partial charge in [0.05, 0.1) is 17.0 Å². The van der Waals surface area contributed by atoms with Gasteiger partial charge in [-0.3, -0.25) is 9.36 Å². The fraction of sp³-hybridized carbons (Fsp3) is 0.103. The zero-order chi connectivity index (χ0) is 24.9. The van der Waals surface area contributed by atoms with Gasteiger partial charge >= 0.3 is 0 Å². The highest BCUT2D eigenvalue weighted by molar-refractivity contribution is 7.99. The Morgan fingerprint density at radius 3 is 2.61 bits per heavy atom. The maximum atomic E-state index is 12.6. The molecule has 2 heterocycles. The van der Waals surface area contributed by atoms with E-state index < -0.39 is 0 Å². The number of nitrogens with zero attached hydrogens (tertiary/aromatic N) is 4. The summed E-state index contributed by atoms with van der Waals surface area (Å²) in [5.74, 6) is 0.837. The van der Waals surface area contributed by atoms with E-state index in [1.54, 1.807) is 0 Å². The van der Waals surface area contributed by atoms with E-state index in [0.717, 1.165) is 39.0 Å². The number of pyridine rings is 1. The second-order valence-electron chi connectivity index (χ2n) is 8.35. The molecule has 3 aromatic carbocycles. The van der Waals surface area contributed by atoms with Crippen molar-refractivity contribution in [2.75, 3.05) is 11.1 Å². The van der Waals surface area contributed by atoms with Gasteiger partial charge in [0, 0.05) is 28.7 Å². The summed E-state index contributed by atoms with van der Waals surface area (Å²) in [5, 5.41) is 13.6. The van der Waals surface area contributed by atoms with Gasteiger partial charge in [0.15, 0.2) is 11.0 Å². The van der Waals surface area contributed by atoms with E-state index in [4.69, 9.17) is 4.98 Å². The first kappa shape index (κ1) is 23.5. The molecule has 0 aliphatic carbocycles. The van der Waals surface area contributed by atoms with Crippen LogP contribution in [0.4, 0.5) is 5.69 Å². The maximum absolute atomic E-state index is 12.6. The van der Waals surface area contributed by atoms with E-state index in [-0.39, 0.29) is 11.7 Å². The number of para-hydroxylation sites is 1. The van der Waals surface area contributed by atoms with Crippen molar-refractivity contribution in [1.82, 2.24) is 19.7 Å². The SMILES string of the molecule is C=CCn1c(SCC(=O)Nc2cccc(C)c2)nnc1-c1cc(-c2ccccc2)nc2ccccc12. The molecule has 7 heteroatoms. The summed E-state index contributed by atoms with van der Waals surface area (Å²) in [6.45, 7) is 6.43. The predicted octanol–water partition coefficient (Wildman–Crippen LogP) is 6.39. The number of allylic oxidation sites excluding steroid dienone is 1. The number of thioether (sulfide) groups is 1. The summed E-state index contributed by atoms with van der Waals surface area (Å²) >= 11 is 1.35. The lowest BCUT2D eigenvalue weighted by Crippen LogP contribution is -2.14. The molecule has 0 aliphatic rings. The number of carbonyl (C=O) groups excluding carboxylic acids is 1. The van der Waals surface area contributed by atoms with Crippen LogP contribution in [0.1, 0.15) is 5.56 Å². The Balaban J connectivity index is 1.48. The van der Waals surface area contributed by atoms with Crippen molar-refractivity contribution in [3.63, 3.8) is 0 Å². The Bertz CT molecular complexity index is 1540. The number of nitrogens with one attached hydrogen (secondary N) is 1. The molecule has 0 atom stereocenters. The van der Waals surface area contributed by atoms with Crippen LogP contribution < -0.4 is 5.32 Å². The summed E-state index contributed by atoms with van der Waals surface area (Å²) in [6, 6.07) is 27.9. The molecule has 36 heavy (non-hydrogen) atoms. The van der Waals surface area contributed by atoms with Crippen molar-refractivity contribution >= 4 is 34.3 Å². The average Bonchev–Trinajstić information content (AvgIpc) is 3.30. The molecule has 178 valence electrons. The summed E-state index contributed by atoms with van der Waals surface area (Å²) in [4.78, 5) is 17.5. The first-order valence-corrected chi connectivity index (χ1v) is 12.6. The number of aromatic nitrogens is 4. The minimum Gasteiger partial charge on any atom is -0.325 e. The van der Waals surface area contributed by atoms with E-state index in [1.165, 1.54) is 11.8 Å². The molecule has 0 spiro atoms. The van der Waals surface area contributed by atoms with Crippen LogP contribution >= 0.6 is 11.8 Å². The van der Waals surface area contributed by atoms with Crippen molar-refractivity contribution in [2.45, 2.75) is 18.6 Å². The second kappa shape index (κ2) is 10.6. The molecule has 1 N–H and O–H groups in total. The lowest BCUT2D eigenvalue weighted by atomic mass is 10.0. The van der Waals surface area contributed by atoms with Crippen LogP contribution in [0.15, 0.2) is 103 Å². The Kier molecular flexibility index (Phi) is 6.91. The van der Waals surface area contributed by atoms with E-state index >= 15 is 0 Å². The fourth-order valence-electron chi connectivity index (χ4n) is 4.06. The smallest absolute Gasteiger partial charge is 0.234 e. The summed E-state index contributed by atoms with van der Waals surface area (Å²) in [7, 11) is 0. The normalized spacial score (nSPS) is 10.9. The molecular formula is C29H25N5OS. The number of carbonyl (C=O) groups is 1. The molecule has 5 rings (SSSR count). The first-order chi connectivity index (χ1) is 17.6. The maximum Gasteiger partial charge on any atom is 0.234 e. The van der Waals surface area contributed by atoms with Gasteiger partial charge in [-0.1, -0.05) is 78.5 Å². The van der Waals surface area contributed by atoms with Gasteiger partial charge in [-0.15, -0.1) is 16.8 Å². The molecule has 5 aromatic rings. The van der Waals surface area contributed by atoms with Gasteiger partial charge in [-0.05, 0) is 36.8 Å². The number of hydrogen-bond donors (Lipinski definition) is 1. The number of rotatable bonds is 8. The molecule has 0 aliphatic heterocycles. The number of aryl methyl sites for hydroxylation is 1. The van der Waals surface area contributed by atoms with Crippen LogP contribution in [-0.2, 0) is 11.3 Å². The number of hydrogen-bond acceptors (Lipinski definition) is 5. The quantitative estimate of drug-likeness (QED) is 0.201. The fourth-order valence-corrected chi connectivity index (χ4v) is 4.80. The van der Waals surface area contributed by atoms with Gasteiger partial charge in [0.1, 0.15) is 0 Å². The molecule has 0 saturated heterocycles.